The Morgan fingerprint density at radius 1 is 1.38 bits per heavy atom. The Balaban J connectivity index is 2.42. The molecule has 66 valence electrons. The SMILES string of the molecule is O=C(Cl)Nc1ccc2cc[nH]c2c1. The van der Waals surface area contributed by atoms with Gasteiger partial charge in [0.1, 0.15) is 0 Å². The van der Waals surface area contributed by atoms with Crippen molar-refractivity contribution >= 4 is 33.6 Å². The summed E-state index contributed by atoms with van der Waals surface area (Å²) in [6.45, 7) is 0. The standard InChI is InChI=1S/C9H7ClN2O/c10-9(13)12-7-2-1-6-3-4-11-8(6)5-7/h1-5,11H,(H,12,13). The van der Waals surface area contributed by atoms with E-state index in [-0.39, 0.29) is 0 Å². The van der Waals surface area contributed by atoms with Crippen LogP contribution in [-0.4, -0.2) is 10.4 Å². The molecule has 1 aromatic carbocycles. The van der Waals surface area contributed by atoms with E-state index in [1.165, 1.54) is 0 Å². The van der Waals surface area contributed by atoms with E-state index in [0.29, 0.717) is 5.69 Å². The van der Waals surface area contributed by atoms with Gasteiger partial charge in [0.2, 0.25) is 0 Å². The molecule has 0 aliphatic heterocycles. The van der Waals surface area contributed by atoms with Crippen molar-refractivity contribution in [3.8, 4) is 0 Å². The van der Waals surface area contributed by atoms with E-state index in [2.05, 4.69) is 10.3 Å². The molecule has 1 amide bonds. The zero-order chi connectivity index (χ0) is 9.26. The number of halogens is 1. The van der Waals surface area contributed by atoms with E-state index in [0.717, 1.165) is 10.9 Å². The van der Waals surface area contributed by atoms with Crippen molar-refractivity contribution in [1.29, 1.82) is 0 Å². The van der Waals surface area contributed by atoms with Crippen LogP contribution in [-0.2, 0) is 0 Å². The summed E-state index contributed by atoms with van der Waals surface area (Å²) in [4.78, 5) is 13.6. The maximum atomic E-state index is 10.5. The monoisotopic (exact) mass is 194 g/mol. The highest BCUT2D eigenvalue weighted by molar-refractivity contribution is 6.65. The second-order valence-electron chi connectivity index (χ2n) is 2.68. The summed E-state index contributed by atoms with van der Waals surface area (Å²) in [5.41, 5.74) is 1.66. The maximum Gasteiger partial charge on any atom is 0.318 e. The van der Waals surface area contributed by atoms with Crippen molar-refractivity contribution in [3.05, 3.63) is 30.5 Å². The zero-order valence-electron chi connectivity index (χ0n) is 6.67. The molecule has 3 nitrogen and oxygen atoms in total. The van der Waals surface area contributed by atoms with E-state index in [1.54, 1.807) is 6.07 Å². The lowest BCUT2D eigenvalue weighted by Crippen LogP contribution is -2.00. The number of aromatic amines is 1. The molecule has 0 aliphatic rings. The van der Waals surface area contributed by atoms with Crippen molar-refractivity contribution in [2.45, 2.75) is 0 Å². The number of anilines is 1. The van der Waals surface area contributed by atoms with Crippen LogP contribution >= 0.6 is 11.6 Å². The van der Waals surface area contributed by atoms with Crippen LogP contribution in [0.15, 0.2) is 30.5 Å². The quantitative estimate of drug-likeness (QED) is 0.532. The van der Waals surface area contributed by atoms with Crippen LogP contribution in [0.25, 0.3) is 10.9 Å². The lowest BCUT2D eigenvalue weighted by Gasteiger charge is -1.99. The maximum absolute atomic E-state index is 10.5. The van der Waals surface area contributed by atoms with Crippen molar-refractivity contribution in [2.75, 3.05) is 5.32 Å². The molecule has 0 spiro atoms. The van der Waals surface area contributed by atoms with Gasteiger partial charge in [-0.15, -0.1) is 0 Å². The third kappa shape index (κ3) is 1.65. The fourth-order valence-corrected chi connectivity index (χ4v) is 1.35. The van der Waals surface area contributed by atoms with Gasteiger partial charge in [-0.05, 0) is 35.2 Å². The van der Waals surface area contributed by atoms with Crippen LogP contribution < -0.4 is 5.32 Å². The Morgan fingerprint density at radius 2 is 2.23 bits per heavy atom. The first kappa shape index (κ1) is 8.13. The molecule has 0 aliphatic carbocycles. The highest BCUT2D eigenvalue weighted by Crippen LogP contribution is 2.17. The Morgan fingerprint density at radius 3 is 3.00 bits per heavy atom. The first-order valence-corrected chi connectivity index (χ1v) is 4.17. The van der Waals surface area contributed by atoms with Gasteiger partial charge in [-0.25, -0.2) is 0 Å². The number of carbonyl (C=O) groups is 1. The Labute approximate surface area is 79.7 Å². The summed E-state index contributed by atoms with van der Waals surface area (Å²) in [5, 5.41) is 3.02. The Bertz CT molecular complexity index is 450. The highest BCUT2D eigenvalue weighted by Gasteiger charge is 1.98. The molecule has 0 unspecified atom stereocenters. The molecule has 2 rings (SSSR count). The van der Waals surface area contributed by atoms with Gasteiger partial charge < -0.3 is 10.3 Å². The molecule has 0 atom stereocenters. The summed E-state index contributed by atoms with van der Waals surface area (Å²) in [6, 6.07) is 7.50. The van der Waals surface area contributed by atoms with Crippen LogP contribution in [0.3, 0.4) is 0 Å². The smallest absolute Gasteiger partial charge is 0.318 e. The van der Waals surface area contributed by atoms with Crippen LogP contribution in [0, 0.1) is 0 Å². The number of nitrogens with one attached hydrogen (secondary N) is 2. The molecule has 0 saturated carbocycles. The molecule has 1 aromatic heterocycles. The van der Waals surface area contributed by atoms with Gasteiger partial charge in [-0.3, -0.25) is 4.79 Å². The number of benzene rings is 1. The highest BCUT2D eigenvalue weighted by atomic mass is 35.5. The van der Waals surface area contributed by atoms with E-state index in [9.17, 15) is 4.79 Å². The summed E-state index contributed by atoms with van der Waals surface area (Å²) < 4.78 is 0. The number of amides is 1. The third-order valence-electron chi connectivity index (χ3n) is 1.80. The summed E-state index contributed by atoms with van der Waals surface area (Å²) in [5.74, 6) is 0. The fraction of sp³-hybridized carbons (Fsp3) is 0. The van der Waals surface area contributed by atoms with Crippen molar-refractivity contribution in [3.63, 3.8) is 0 Å². The van der Waals surface area contributed by atoms with Crippen LogP contribution in [0.4, 0.5) is 10.5 Å². The fourth-order valence-electron chi connectivity index (χ4n) is 1.24. The summed E-state index contributed by atoms with van der Waals surface area (Å²) in [6.07, 6.45) is 1.84. The van der Waals surface area contributed by atoms with E-state index >= 15 is 0 Å². The Hall–Kier alpha value is -1.48. The molecular weight excluding hydrogens is 188 g/mol. The largest absolute Gasteiger partial charge is 0.361 e. The van der Waals surface area contributed by atoms with Crippen LogP contribution in [0.1, 0.15) is 0 Å². The number of hydrogen-bond donors (Lipinski definition) is 2. The predicted molar refractivity (Wildman–Crippen MR) is 53.2 cm³/mol. The van der Waals surface area contributed by atoms with Crippen molar-refractivity contribution in [1.82, 2.24) is 4.98 Å². The van der Waals surface area contributed by atoms with Gasteiger partial charge in [0.25, 0.3) is 0 Å². The number of aromatic nitrogens is 1. The molecule has 13 heavy (non-hydrogen) atoms. The van der Waals surface area contributed by atoms with Gasteiger partial charge in [-0.2, -0.15) is 0 Å². The zero-order valence-corrected chi connectivity index (χ0v) is 7.43. The van der Waals surface area contributed by atoms with Crippen molar-refractivity contribution in [2.24, 2.45) is 0 Å². The average Bonchev–Trinajstić information content (AvgIpc) is 2.49. The molecular formula is C9H7ClN2O. The third-order valence-corrected chi connectivity index (χ3v) is 1.89. The first-order chi connectivity index (χ1) is 6.25. The minimum atomic E-state index is -0.578. The lowest BCUT2D eigenvalue weighted by atomic mass is 10.2. The second-order valence-corrected chi connectivity index (χ2v) is 3.02. The Kier molecular flexibility index (Phi) is 1.94. The number of carbonyl (C=O) groups excluding carboxylic acids is 1. The van der Waals surface area contributed by atoms with Gasteiger partial charge in [0.05, 0.1) is 0 Å². The number of fused-ring (bicyclic) bond motifs is 1. The van der Waals surface area contributed by atoms with Crippen LogP contribution in [0.5, 0.6) is 0 Å². The molecule has 0 fully saturated rings. The molecule has 0 bridgehead atoms. The lowest BCUT2D eigenvalue weighted by molar-refractivity contribution is 0.269. The van der Waals surface area contributed by atoms with Crippen molar-refractivity contribution < 1.29 is 4.79 Å². The minimum absolute atomic E-state index is 0.578. The molecule has 4 heteroatoms. The molecule has 1 heterocycles. The minimum Gasteiger partial charge on any atom is -0.361 e. The van der Waals surface area contributed by atoms with Crippen LogP contribution in [0.2, 0.25) is 0 Å². The number of rotatable bonds is 1. The summed E-state index contributed by atoms with van der Waals surface area (Å²) >= 11 is 5.18. The predicted octanol–water partition coefficient (Wildman–Crippen LogP) is 2.94. The topological polar surface area (TPSA) is 44.9 Å². The van der Waals surface area contributed by atoms with E-state index in [1.807, 2.05) is 24.4 Å². The van der Waals surface area contributed by atoms with Gasteiger partial charge in [-0.1, -0.05) is 6.07 Å². The summed E-state index contributed by atoms with van der Waals surface area (Å²) in [7, 11) is 0. The molecule has 0 saturated heterocycles. The molecule has 2 aromatic rings. The second kappa shape index (κ2) is 3.11. The number of hydrogen-bond acceptors (Lipinski definition) is 1. The van der Waals surface area contributed by atoms with E-state index < -0.39 is 5.37 Å². The van der Waals surface area contributed by atoms with Gasteiger partial charge >= 0.3 is 5.37 Å². The van der Waals surface area contributed by atoms with Gasteiger partial charge in [0, 0.05) is 17.4 Å². The molecule has 0 radical (unpaired) electrons. The first-order valence-electron chi connectivity index (χ1n) is 3.79. The average molecular weight is 195 g/mol. The van der Waals surface area contributed by atoms with E-state index in [4.69, 9.17) is 11.6 Å². The number of H-pyrrole nitrogens is 1. The van der Waals surface area contributed by atoms with Gasteiger partial charge in [0.15, 0.2) is 0 Å². The normalized spacial score (nSPS) is 10.2. The molecule has 2 N–H and O–H groups in total.